The number of likely N-dealkylation sites (tertiary alicyclic amines) is 1. The van der Waals surface area contributed by atoms with Gasteiger partial charge in [-0.25, -0.2) is 0 Å². The van der Waals surface area contributed by atoms with Crippen LogP contribution in [0.15, 0.2) is 24.3 Å². The second-order valence-corrected chi connectivity index (χ2v) is 5.16. The fraction of sp³-hybridized carbons (Fsp3) is 0.533. The molecule has 4 heteroatoms. The van der Waals surface area contributed by atoms with Gasteiger partial charge in [0.1, 0.15) is 5.75 Å². The number of aliphatic hydroxyl groups is 1. The van der Waals surface area contributed by atoms with Crippen molar-refractivity contribution in [1.82, 2.24) is 4.90 Å². The SMILES string of the molecule is O=C(CCc1ccccc1O)N1CCCC(CO)C1. The standard InChI is InChI=1S/C15H21NO3/c17-11-12-4-3-9-16(10-12)15(19)8-7-13-5-1-2-6-14(13)18/h1-2,5-6,12,17-18H,3-4,7-11H2. The van der Waals surface area contributed by atoms with E-state index in [9.17, 15) is 9.90 Å². The Labute approximate surface area is 113 Å². The predicted molar refractivity (Wildman–Crippen MR) is 72.8 cm³/mol. The van der Waals surface area contributed by atoms with Gasteiger partial charge in [-0.3, -0.25) is 4.79 Å². The Morgan fingerprint density at radius 3 is 2.89 bits per heavy atom. The number of benzene rings is 1. The summed E-state index contributed by atoms with van der Waals surface area (Å²) in [6.45, 7) is 1.61. The normalized spacial score (nSPS) is 19.4. The summed E-state index contributed by atoms with van der Waals surface area (Å²) in [6, 6.07) is 7.12. The van der Waals surface area contributed by atoms with Gasteiger partial charge in [0, 0.05) is 26.1 Å². The van der Waals surface area contributed by atoms with Crippen LogP contribution < -0.4 is 0 Å². The number of piperidine rings is 1. The molecule has 0 spiro atoms. The van der Waals surface area contributed by atoms with Crippen molar-refractivity contribution in [2.45, 2.75) is 25.7 Å². The Morgan fingerprint density at radius 2 is 2.16 bits per heavy atom. The van der Waals surface area contributed by atoms with E-state index in [-0.39, 0.29) is 24.2 Å². The van der Waals surface area contributed by atoms with Gasteiger partial charge in [-0.15, -0.1) is 0 Å². The van der Waals surface area contributed by atoms with E-state index in [2.05, 4.69) is 0 Å². The van der Waals surface area contributed by atoms with Gasteiger partial charge in [0.2, 0.25) is 5.91 Å². The minimum atomic E-state index is 0.112. The molecule has 1 aromatic carbocycles. The zero-order valence-corrected chi connectivity index (χ0v) is 11.1. The zero-order valence-electron chi connectivity index (χ0n) is 11.1. The number of carbonyl (C=O) groups excluding carboxylic acids is 1. The molecular weight excluding hydrogens is 242 g/mol. The number of nitrogens with zero attached hydrogens (tertiary/aromatic N) is 1. The Balaban J connectivity index is 1.86. The summed E-state index contributed by atoms with van der Waals surface area (Å²) < 4.78 is 0. The maximum atomic E-state index is 12.1. The third-order valence-corrected chi connectivity index (χ3v) is 3.73. The highest BCUT2D eigenvalue weighted by Crippen LogP contribution is 2.20. The van der Waals surface area contributed by atoms with Crippen LogP contribution in [0.25, 0.3) is 0 Å². The van der Waals surface area contributed by atoms with Gasteiger partial charge >= 0.3 is 0 Å². The van der Waals surface area contributed by atoms with Gasteiger partial charge in [0.05, 0.1) is 0 Å². The molecule has 2 rings (SSSR count). The smallest absolute Gasteiger partial charge is 0.222 e. The summed E-state index contributed by atoms with van der Waals surface area (Å²) >= 11 is 0. The average molecular weight is 263 g/mol. The Bertz CT molecular complexity index is 433. The molecule has 4 nitrogen and oxygen atoms in total. The first-order chi connectivity index (χ1) is 9.20. The number of aryl methyl sites for hydroxylation is 1. The lowest BCUT2D eigenvalue weighted by Crippen LogP contribution is -2.41. The van der Waals surface area contributed by atoms with Crippen molar-refractivity contribution in [3.05, 3.63) is 29.8 Å². The second kappa shape index (κ2) is 6.57. The number of para-hydroxylation sites is 1. The van der Waals surface area contributed by atoms with Crippen molar-refractivity contribution < 1.29 is 15.0 Å². The molecule has 1 aromatic rings. The van der Waals surface area contributed by atoms with Crippen LogP contribution in [0.5, 0.6) is 5.75 Å². The van der Waals surface area contributed by atoms with Crippen LogP contribution in [0.4, 0.5) is 0 Å². The van der Waals surface area contributed by atoms with Crippen LogP contribution in [0.3, 0.4) is 0 Å². The Kier molecular flexibility index (Phi) is 4.80. The van der Waals surface area contributed by atoms with Crippen LogP contribution in [0.2, 0.25) is 0 Å². The minimum Gasteiger partial charge on any atom is -0.508 e. The molecule has 0 saturated carbocycles. The zero-order chi connectivity index (χ0) is 13.7. The van der Waals surface area contributed by atoms with Crippen molar-refractivity contribution in [2.24, 2.45) is 5.92 Å². The second-order valence-electron chi connectivity index (χ2n) is 5.16. The maximum Gasteiger partial charge on any atom is 0.222 e. The topological polar surface area (TPSA) is 60.8 Å². The largest absolute Gasteiger partial charge is 0.508 e. The van der Waals surface area contributed by atoms with Crippen molar-refractivity contribution >= 4 is 5.91 Å². The van der Waals surface area contributed by atoms with E-state index >= 15 is 0 Å². The highest BCUT2D eigenvalue weighted by molar-refractivity contribution is 5.76. The fourth-order valence-corrected chi connectivity index (χ4v) is 2.56. The van der Waals surface area contributed by atoms with Crippen LogP contribution in [0.1, 0.15) is 24.8 Å². The highest BCUT2D eigenvalue weighted by Gasteiger charge is 2.22. The van der Waals surface area contributed by atoms with E-state index < -0.39 is 0 Å². The molecule has 0 radical (unpaired) electrons. The summed E-state index contributed by atoms with van der Waals surface area (Å²) in [7, 11) is 0. The summed E-state index contributed by atoms with van der Waals surface area (Å²) in [5.41, 5.74) is 0.812. The number of aliphatic hydroxyl groups excluding tert-OH is 1. The molecule has 1 saturated heterocycles. The molecule has 1 aliphatic rings. The van der Waals surface area contributed by atoms with Gasteiger partial charge in [-0.2, -0.15) is 0 Å². The fourth-order valence-electron chi connectivity index (χ4n) is 2.56. The molecule has 0 aliphatic carbocycles. The van der Waals surface area contributed by atoms with Crippen molar-refractivity contribution in [1.29, 1.82) is 0 Å². The molecule has 19 heavy (non-hydrogen) atoms. The van der Waals surface area contributed by atoms with Crippen molar-refractivity contribution in [3.63, 3.8) is 0 Å². The highest BCUT2D eigenvalue weighted by atomic mass is 16.3. The third-order valence-electron chi connectivity index (χ3n) is 3.73. The number of rotatable bonds is 4. The number of aromatic hydroxyl groups is 1. The number of hydrogen-bond donors (Lipinski definition) is 2. The number of phenolic OH excluding ortho intramolecular Hbond substituents is 1. The summed E-state index contributed by atoms with van der Waals surface area (Å²) in [4.78, 5) is 13.9. The van der Waals surface area contributed by atoms with Crippen molar-refractivity contribution in [3.8, 4) is 5.75 Å². The molecule has 1 fully saturated rings. The number of hydrogen-bond acceptors (Lipinski definition) is 3. The number of carbonyl (C=O) groups is 1. The molecule has 0 bridgehead atoms. The number of phenols is 1. The lowest BCUT2D eigenvalue weighted by molar-refractivity contribution is -0.133. The summed E-state index contributed by atoms with van der Waals surface area (Å²) in [5.74, 6) is 0.589. The van der Waals surface area contributed by atoms with Gasteiger partial charge < -0.3 is 15.1 Å². The van der Waals surface area contributed by atoms with Crippen LogP contribution in [-0.4, -0.2) is 40.7 Å². The molecule has 1 atom stereocenters. The van der Waals surface area contributed by atoms with Gasteiger partial charge in [-0.05, 0) is 36.8 Å². The van der Waals surface area contributed by atoms with Gasteiger partial charge in [0.25, 0.3) is 0 Å². The summed E-state index contributed by atoms with van der Waals surface area (Å²) in [6.07, 6.45) is 2.94. The first-order valence-electron chi connectivity index (χ1n) is 6.86. The molecule has 1 heterocycles. The van der Waals surface area contributed by atoms with E-state index in [4.69, 9.17) is 5.11 Å². The molecule has 1 amide bonds. The molecule has 0 aromatic heterocycles. The first kappa shape index (κ1) is 13.9. The molecule has 104 valence electrons. The van der Waals surface area contributed by atoms with E-state index in [1.165, 1.54) is 0 Å². The van der Waals surface area contributed by atoms with Crippen LogP contribution >= 0.6 is 0 Å². The average Bonchev–Trinajstić information content (AvgIpc) is 2.46. The quantitative estimate of drug-likeness (QED) is 0.866. The maximum absolute atomic E-state index is 12.1. The monoisotopic (exact) mass is 263 g/mol. The molecule has 1 aliphatic heterocycles. The van der Waals surface area contributed by atoms with Gasteiger partial charge in [-0.1, -0.05) is 18.2 Å². The third kappa shape index (κ3) is 3.70. The van der Waals surface area contributed by atoms with E-state index in [0.29, 0.717) is 19.4 Å². The Morgan fingerprint density at radius 1 is 1.37 bits per heavy atom. The minimum absolute atomic E-state index is 0.112. The summed E-state index contributed by atoms with van der Waals surface area (Å²) in [5, 5.41) is 18.8. The first-order valence-corrected chi connectivity index (χ1v) is 6.86. The van der Waals surface area contributed by atoms with Crippen LogP contribution in [0, 0.1) is 5.92 Å². The van der Waals surface area contributed by atoms with E-state index in [0.717, 1.165) is 24.9 Å². The molecular formula is C15H21NO3. The molecule has 1 unspecified atom stereocenters. The number of amides is 1. The van der Waals surface area contributed by atoms with E-state index in [1.54, 1.807) is 12.1 Å². The van der Waals surface area contributed by atoms with Crippen molar-refractivity contribution in [2.75, 3.05) is 19.7 Å². The lowest BCUT2D eigenvalue weighted by atomic mass is 9.98. The lowest BCUT2D eigenvalue weighted by Gasteiger charge is -2.32. The Hall–Kier alpha value is -1.55. The van der Waals surface area contributed by atoms with Crippen LogP contribution in [-0.2, 0) is 11.2 Å². The van der Waals surface area contributed by atoms with Gasteiger partial charge in [0.15, 0.2) is 0 Å². The predicted octanol–water partition coefficient (Wildman–Crippen LogP) is 1.56. The van der Waals surface area contributed by atoms with E-state index in [1.807, 2.05) is 17.0 Å². The molecule has 2 N–H and O–H groups in total.